The Kier molecular flexibility index (Phi) is 12.6. The Morgan fingerprint density at radius 3 is 2.35 bits per heavy atom. The summed E-state index contributed by atoms with van der Waals surface area (Å²) in [7, 11) is 0. The molecule has 0 bridgehead atoms. The minimum atomic E-state index is -0.108. The monoisotopic (exact) mass is 386 g/mol. The number of hydrogen-bond donors (Lipinski definition) is 0. The third-order valence-corrected chi connectivity index (χ3v) is 4.00. The van der Waals surface area contributed by atoms with Crippen molar-refractivity contribution in [1.29, 1.82) is 0 Å². The van der Waals surface area contributed by atoms with Crippen molar-refractivity contribution in [2.45, 2.75) is 52.5 Å². The molecule has 0 fully saturated rings. The number of nitrogens with zero attached hydrogens (tertiary/aromatic N) is 1. The maximum absolute atomic E-state index is 4.92. The Balaban J connectivity index is 0. The van der Waals surface area contributed by atoms with E-state index in [1.54, 1.807) is 0 Å². The van der Waals surface area contributed by atoms with E-state index in [9.17, 15) is 0 Å². The van der Waals surface area contributed by atoms with Crippen molar-refractivity contribution in [3.8, 4) is 0 Å². The quantitative estimate of drug-likeness (QED) is 0.476. The van der Waals surface area contributed by atoms with Gasteiger partial charge in [-0.1, -0.05) is 81.2 Å². The molecular weight excluding hydrogens is 361 g/mol. The second kappa shape index (κ2) is 11.5. The van der Waals surface area contributed by atoms with Crippen LogP contribution in [0, 0.1) is 0 Å². The van der Waals surface area contributed by atoms with E-state index in [-0.39, 0.29) is 52.1 Å². The number of rotatable bonds is 6. The van der Waals surface area contributed by atoms with Crippen LogP contribution in [-0.4, -0.2) is 6.54 Å². The number of halogens is 2. The second-order valence-electron chi connectivity index (χ2n) is 6.16. The van der Waals surface area contributed by atoms with Gasteiger partial charge in [-0.3, -0.25) is 0 Å². The smallest absolute Gasteiger partial charge is 1.00 e. The molecule has 1 aromatic rings. The van der Waals surface area contributed by atoms with Crippen LogP contribution < -0.4 is 24.8 Å². The van der Waals surface area contributed by atoms with Crippen LogP contribution in [0.4, 0.5) is 0 Å². The predicted molar refractivity (Wildman–Crippen MR) is 89.0 cm³/mol. The van der Waals surface area contributed by atoms with Gasteiger partial charge in [-0.2, -0.15) is 0 Å². The van der Waals surface area contributed by atoms with Crippen LogP contribution in [0.3, 0.4) is 0 Å². The van der Waals surface area contributed by atoms with E-state index in [1.165, 1.54) is 35.1 Å². The summed E-state index contributed by atoms with van der Waals surface area (Å²) >= 11 is 0. The first-order chi connectivity index (χ1) is 9.54. The summed E-state index contributed by atoms with van der Waals surface area (Å²) < 4.78 is 0. The molecule has 0 N–H and O–H groups in total. The molecule has 125 valence electrons. The minimum absolute atomic E-state index is 0. The molecule has 0 heterocycles. The van der Waals surface area contributed by atoms with Crippen molar-refractivity contribution in [2.24, 2.45) is 0 Å². The standard InChI is InChI=1S/C19H26N.2ClH.Ti/c1-5-6-13-20-19(3,4)18-10-8-7-9-17(18)16-12-11-15(2)14-16;;;/h7-11,14H,5-6,12-13H2,1-4H3;2*1H;/q-1;;;+3/p-2. The average molecular weight is 387 g/mol. The van der Waals surface area contributed by atoms with Crippen LogP contribution in [0.1, 0.15) is 58.1 Å². The van der Waals surface area contributed by atoms with Gasteiger partial charge < -0.3 is 30.1 Å². The van der Waals surface area contributed by atoms with Gasteiger partial charge in [-0.05, 0) is 24.5 Å². The zero-order valence-corrected chi connectivity index (χ0v) is 17.6. The molecule has 0 unspecified atom stereocenters. The van der Waals surface area contributed by atoms with Crippen LogP contribution in [0.25, 0.3) is 10.9 Å². The van der Waals surface area contributed by atoms with Crippen molar-refractivity contribution in [3.05, 3.63) is 58.4 Å². The normalized spacial score (nSPS) is 13.2. The summed E-state index contributed by atoms with van der Waals surface area (Å²) in [5.41, 5.74) is 5.41. The van der Waals surface area contributed by atoms with Crippen molar-refractivity contribution in [2.75, 3.05) is 6.54 Å². The van der Waals surface area contributed by atoms with E-state index in [2.05, 4.69) is 64.1 Å². The van der Waals surface area contributed by atoms with Gasteiger partial charge >= 0.3 is 21.7 Å². The largest absolute Gasteiger partial charge is 3.00 e. The first-order valence-corrected chi connectivity index (χ1v) is 7.70. The summed E-state index contributed by atoms with van der Waals surface area (Å²) in [6.07, 6.45) is 8.03. The Morgan fingerprint density at radius 1 is 1.13 bits per heavy atom. The van der Waals surface area contributed by atoms with Crippen LogP contribution in [0.2, 0.25) is 0 Å². The molecule has 1 aliphatic carbocycles. The molecule has 23 heavy (non-hydrogen) atoms. The van der Waals surface area contributed by atoms with Crippen LogP contribution in [0.15, 0.2) is 42.0 Å². The number of hydrogen-bond acceptors (Lipinski definition) is 0. The first-order valence-electron chi connectivity index (χ1n) is 7.70. The van der Waals surface area contributed by atoms with Gasteiger partial charge in [-0.25, -0.2) is 0 Å². The molecular formula is C19H26Cl2NTi. The molecule has 0 spiro atoms. The zero-order chi connectivity index (χ0) is 14.6. The summed E-state index contributed by atoms with van der Waals surface area (Å²) in [6, 6.07) is 8.74. The molecule has 0 aromatic heterocycles. The number of unbranched alkanes of at least 4 members (excludes halogenated alkanes) is 1. The van der Waals surface area contributed by atoms with Gasteiger partial charge in [-0.15, -0.1) is 12.1 Å². The molecule has 1 radical (unpaired) electrons. The summed E-state index contributed by atoms with van der Waals surface area (Å²) in [5, 5.41) is 4.92. The van der Waals surface area contributed by atoms with E-state index >= 15 is 0 Å². The molecule has 0 saturated heterocycles. The molecule has 1 nitrogen and oxygen atoms in total. The first kappa shape index (κ1) is 25.2. The number of allylic oxidation sites excluding steroid dienone is 4. The molecule has 0 saturated carbocycles. The Hall–Kier alpha value is -0.0457. The number of benzene rings is 1. The van der Waals surface area contributed by atoms with E-state index in [0.717, 1.165) is 13.0 Å². The van der Waals surface area contributed by atoms with Gasteiger partial charge in [0, 0.05) is 0 Å². The molecule has 2 rings (SSSR count). The maximum atomic E-state index is 4.92. The van der Waals surface area contributed by atoms with Crippen molar-refractivity contribution >= 4 is 5.57 Å². The third-order valence-electron chi connectivity index (χ3n) is 4.00. The van der Waals surface area contributed by atoms with E-state index in [4.69, 9.17) is 5.32 Å². The van der Waals surface area contributed by atoms with E-state index in [0.29, 0.717) is 0 Å². The van der Waals surface area contributed by atoms with Gasteiger partial charge in [0.05, 0.1) is 0 Å². The summed E-state index contributed by atoms with van der Waals surface area (Å²) in [5.74, 6) is 0. The predicted octanol–water partition coefficient (Wildman–Crippen LogP) is -0.166. The van der Waals surface area contributed by atoms with Crippen LogP contribution >= 0.6 is 0 Å². The van der Waals surface area contributed by atoms with Crippen molar-refractivity contribution < 1.29 is 46.5 Å². The molecule has 0 aliphatic heterocycles. The molecule has 1 aliphatic rings. The fourth-order valence-corrected chi connectivity index (χ4v) is 2.75. The Bertz CT molecular complexity index is 536. The Morgan fingerprint density at radius 2 is 1.78 bits per heavy atom. The Labute approximate surface area is 169 Å². The minimum Gasteiger partial charge on any atom is -1.00 e. The van der Waals surface area contributed by atoms with Gasteiger partial charge in [0.15, 0.2) is 0 Å². The third kappa shape index (κ3) is 6.76. The fraction of sp³-hybridized carbons (Fsp3) is 0.474. The summed E-state index contributed by atoms with van der Waals surface area (Å²) in [4.78, 5) is 0. The second-order valence-corrected chi connectivity index (χ2v) is 6.16. The average Bonchev–Trinajstić information content (AvgIpc) is 2.85. The molecule has 0 atom stereocenters. The van der Waals surface area contributed by atoms with E-state index in [1.807, 2.05) is 0 Å². The molecule has 0 amide bonds. The van der Waals surface area contributed by atoms with Crippen LogP contribution in [0.5, 0.6) is 0 Å². The van der Waals surface area contributed by atoms with Gasteiger partial charge in [0.1, 0.15) is 0 Å². The maximum Gasteiger partial charge on any atom is 3.00 e. The van der Waals surface area contributed by atoms with Crippen LogP contribution in [-0.2, 0) is 27.3 Å². The molecule has 4 heteroatoms. The van der Waals surface area contributed by atoms with E-state index < -0.39 is 0 Å². The zero-order valence-electron chi connectivity index (χ0n) is 14.5. The van der Waals surface area contributed by atoms with Crippen molar-refractivity contribution in [1.82, 2.24) is 0 Å². The van der Waals surface area contributed by atoms with Gasteiger partial charge in [0.25, 0.3) is 0 Å². The SMILES string of the molecule is CCCC[N-]C(C)(C)c1ccccc1C1=CC(C)=CC1.[Cl-].[Cl-].[Ti+3]. The summed E-state index contributed by atoms with van der Waals surface area (Å²) in [6.45, 7) is 9.81. The topological polar surface area (TPSA) is 14.1 Å². The fourth-order valence-electron chi connectivity index (χ4n) is 2.75. The van der Waals surface area contributed by atoms with Gasteiger partial charge in [0.2, 0.25) is 0 Å². The molecule has 1 aromatic carbocycles. The van der Waals surface area contributed by atoms with Crippen molar-refractivity contribution in [3.63, 3.8) is 0 Å².